The van der Waals surface area contributed by atoms with Crippen molar-refractivity contribution < 1.29 is 4.79 Å². The molecule has 100 valence electrons. The minimum Gasteiger partial charge on any atom is -0.319 e. The van der Waals surface area contributed by atoms with Gasteiger partial charge >= 0.3 is 0 Å². The quantitative estimate of drug-likeness (QED) is 0.872. The summed E-state index contributed by atoms with van der Waals surface area (Å²) in [5, 5.41) is 4.26. The average molecular weight is 314 g/mol. The maximum absolute atomic E-state index is 12.7. The first-order chi connectivity index (χ1) is 8.46. The Hall–Kier alpha value is -0.680. The number of Topliss-reactive ketones (excluding diaryl/α,β-unsaturated/α-hetero) is 1. The Morgan fingerprint density at radius 1 is 1.44 bits per heavy atom. The molecule has 0 aliphatic heterocycles. The summed E-state index contributed by atoms with van der Waals surface area (Å²) in [5.41, 5.74) is 6.24. The Labute approximate surface area is 116 Å². The fourth-order valence-electron chi connectivity index (χ4n) is 2.59. The maximum atomic E-state index is 12.7. The third kappa shape index (κ3) is 2.38. The van der Waals surface area contributed by atoms with E-state index in [1.807, 2.05) is 13.8 Å². The highest BCUT2D eigenvalue weighted by molar-refractivity contribution is 9.10. The molecule has 0 aromatic carbocycles. The highest BCUT2D eigenvalue weighted by Gasteiger charge is 2.38. The van der Waals surface area contributed by atoms with Crippen LogP contribution in [0.2, 0.25) is 0 Å². The first-order valence-electron chi connectivity index (χ1n) is 6.52. The van der Waals surface area contributed by atoms with Crippen molar-refractivity contribution in [2.45, 2.75) is 57.5 Å². The lowest BCUT2D eigenvalue weighted by Crippen LogP contribution is -2.50. The van der Waals surface area contributed by atoms with Gasteiger partial charge in [-0.2, -0.15) is 5.10 Å². The number of ketones is 1. The summed E-state index contributed by atoms with van der Waals surface area (Å²) in [6.07, 6.45) is 6.49. The molecule has 1 fully saturated rings. The van der Waals surface area contributed by atoms with Crippen LogP contribution in [-0.4, -0.2) is 21.1 Å². The molecule has 0 bridgehead atoms. The molecule has 1 saturated carbocycles. The Morgan fingerprint density at radius 2 is 2.06 bits per heavy atom. The summed E-state index contributed by atoms with van der Waals surface area (Å²) in [4.78, 5) is 12.7. The normalized spacial score (nSPS) is 19.2. The van der Waals surface area contributed by atoms with Gasteiger partial charge in [-0.15, -0.1) is 0 Å². The molecular weight excluding hydrogens is 294 g/mol. The van der Waals surface area contributed by atoms with Gasteiger partial charge in [-0.1, -0.05) is 19.3 Å². The molecule has 0 saturated heterocycles. The Bertz CT molecular complexity index is 447. The molecule has 18 heavy (non-hydrogen) atoms. The lowest BCUT2D eigenvalue weighted by molar-refractivity contribution is 0.0833. The summed E-state index contributed by atoms with van der Waals surface area (Å²) in [7, 11) is 0. The van der Waals surface area contributed by atoms with Crippen LogP contribution in [0.3, 0.4) is 0 Å². The monoisotopic (exact) mass is 313 g/mol. The van der Waals surface area contributed by atoms with Crippen molar-refractivity contribution in [3.05, 3.63) is 16.4 Å². The largest absolute Gasteiger partial charge is 0.319 e. The number of hydrogen-bond donors (Lipinski definition) is 1. The summed E-state index contributed by atoms with van der Waals surface area (Å²) < 4.78 is 2.51. The number of aromatic nitrogens is 2. The first-order valence-corrected chi connectivity index (χ1v) is 7.32. The molecule has 4 nitrogen and oxygen atoms in total. The molecule has 1 aliphatic rings. The van der Waals surface area contributed by atoms with Crippen LogP contribution >= 0.6 is 15.9 Å². The van der Waals surface area contributed by atoms with Crippen LogP contribution in [0, 0.1) is 0 Å². The lowest BCUT2D eigenvalue weighted by atomic mass is 9.78. The van der Waals surface area contributed by atoms with Crippen LogP contribution in [0.25, 0.3) is 0 Å². The molecule has 1 aliphatic carbocycles. The van der Waals surface area contributed by atoms with Crippen molar-refractivity contribution in [3.63, 3.8) is 0 Å². The van der Waals surface area contributed by atoms with Gasteiger partial charge in [0.2, 0.25) is 5.78 Å². The number of rotatable bonds is 3. The van der Waals surface area contributed by atoms with Gasteiger partial charge in [-0.25, -0.2) is 0 Å². The van der Waals surface area contributed by atoms with Crippen molar-refractivity contribution in [1.29, 1.82) is 0 Å². The van der Waals surface area contributed by atoms with Crippen LogP contribution in [-0.2, 0) is 0 Å². The van der Waals surface area contributed by atoms with Gasteiger partial charge < -0.3 is 5.73 Å². The van der Waals surface area contributed by atoms with Gasteiger partial charge in [-0.3, -0.25) is 9.48 Å². The van der Waals surface area contributed by atoms with Gasteiger partial charge in [0.25, 0.3) is 0 Å². The number of carbonyl (C=O) groups is 1. The highest BCUT2D eigenvalue weighted by Crippen LogP contribution is 2.32. The van der Waals surface area contributed by atoms with Crippen LogP contribution < -0.4 is 5.73 Å². The lowest BCUT2D eigenvalue weighted by Gasteiger charge is -2.32. The van der Waals surface area contributed by atoms with Gasteiger partial charge in [0.15, 0.2) is 0 Å². The third-order valence-corrected chi connectivity index (χ3v) is 4.23. The van der Waals surface area contributed by atoms with Crippen LogP contribution in [0.4, 0.5) is 0 Å². The Kier molecular flexibility index (Phi) is 3.92. The molecule has 0 amide bonds. The fraction of sp³-hybridized carbons (Fsp3) is 0.692. The smallest absolute Gasteiger partial charge is 0.201 e. The summed E-state index contributed by atoms with van der Waals surface area (Å²) in [5.74, 6) is 0.0280. The van der Waals surface area contributed by atoms with E-state index < -0.39 is 5.54 Å². The van der Waals surface area contributed by atoms with Crippen molar-refractivity contribution in [1.82, 2.24) is 9.78 Å². The molecule has 5 heteroatoms. The van der Waals surface area contributed by atoms with E-state index in [-0.39, 0.29) is 11.8 Å². The molecule has 0 atom stereocenters. The Morgan fingerprint density at radius 3 is 2.61 bits per heavy atom. The number of halogens is 1. The molecule has 2 rings (SSSR count). The van der Waals surface area contributed by atoms with Crippen molar-refractivity contribution in [2.75, 3.05) is 0 Å². The first kappa shape index (κ1) is 13.7. The third-order valence-electron chi connectivity index (χ3n) is 3.65. The van der Waals surface area contributed by atoms with Crippen LogP contribution in [0.1, 0.15) is 62.5 Å². The molecule has 1 aromatic rings. The average Bonchev–Trinajstić information content (AvgIpc) is 2.71. The van der Waals surface area contributed by atoms with E-state index in [1.54, 1.807) is 10.9 Å². The zero-order valence-electron chi connectivity index (χ0n) is 10.9. The second kappa shape index (κ2) is 5.13. The van der Waals surface area contributed by atoms with E-state index in [9.17, 15) is 4.79 Å². The van der Waals surface area contributed by atoms with Crippen molar-refractivity contribution >= 4 is 21.7 Å². The van der Waals surface area contributed by atoms with Gasteiger partial charge in [0, 0.05) is 6.04 Å². The van der Waals surface area contributed by atoms with Gasteiger partial charge in [0.05, 0.1) is 16.2 Å². The van der Waals surface area contributed by atoms with E-state index in [1.165, 1.54) is 6.42 Å². The van der Waals surface area contributed by atoms with Crippen LogP contribution in [0.15, 0.2) is 10.7 Å². The molecule has 0 spiro atoms. The summed E-state index contributed by atoms with van der Waals surface area (Å²) >= 11 is 3.42. The molecular formula is C13H20BrN3O. The topological polar surface area (TPSA) is 60.9 Å². The molecule has 0 unspecified atom stereocenters. The van der Waals surface area contributed by atoms with E-state index in [0.29, 0.717) is 5.69 Å². The SMILES string of the molecule is CC(C)n1ncc(Br)c1C(=O)C1(N)CCCCC1. The molecule has 1 aromatic heterocycles. The molecule has 1 heterocycles. The van der Waals surface area contributed by atoms with Crippen LogP contribution in [0.5, 0.6) is 0 Å². The molecule has 2 N–H and O–H groups in total. The summed E-state index contributed by atoms with van der Waals surface area (Å²) in [6.45, 7) is 4.03. The minimum atomic E-state index is -0.701. The van der Waals surface area contributed by atoms with Crippen molar-refractivity contribution in [3.8, 4) is 0 Å². The van der Waals surface area contributed by atoms with Crippen molar-refractivity contribution in [2.24, 2.45) is 5.73 Å². The minimum absolute atomic E-state index is 0.0280. The number of nitrogens with two attached hydrogens (primary N) is 1. The van der Waals surface area contributed by atoms with E-state index in [0.717, 1.165) is 30.2 Å². The maximum Gasteiger partial charge on any atom is 0.201 e. The fourth-order valence-corrected chi connectivity index (χ4v) is 3.04. The predicted octanol–water partition coefficient (Wildman–Crippen LogP) is 3.07. The number of hydrogen-bond acceptors (Lipinski definition) is 3. The zero-order chi connectivity index (χ0) is 13.3. The number of carbonyl (C=O) groups excluding carboxylic acids is 1. The standard InChI is InChI=1S/C13H20BrN3O/c1-9(2)17-11(10(14)8-16-17)12(18)13(15)6-4-3-5-7-13/h8-9H,3-7,15H2,1-2H3. The molecule has 0 radical (unpaired) electrons. The second-order valence-corrected chi connectivity index (χ2v) is 6.28. The van der Waals surface area contributed by atoms with E-state index in [2.05, 4.69) is 21.0 Å². The summed E-state index contributed by atoms with van der Waals surface area (Å²) in [6, 6.07) is 0.155. The van der Waals surface area contributed by atoms with Gasteiger partial charge in [-0.05, 0) is 42.6 Å². The Balaban J connectivity index is 2.36. The van der Waals surface area contributed by atoms with E-state index >= 15 is 0 Å². The predicted molar refractivity (Wildman–Crippen MR) is 74.6 cm³/mol. The highest BCUT2D eigenvalue weighted by atomic mass is 79.9. The van der Waals surface area contributed by atoms with E-state index in [4.69, 9.17) is 5.73 Å². The zero-order valence-corrected chi connectivity index (χ0v) is 12.5. The second-order valence-electron chi connectivity index (χ2n) is 5.43. The number of nitrogens with zero attached hydrogens (tertiary/aromatic N) is 2. The van der Waals surface area contributed by atoms with Gasteiger partial charge in [0.1, 0.15) is 5.69 Å².